The molecule has 1 aliphatic heterocycles. The second-order valence-corrected chi connectivity index (χ2v) is 5.63. The molecule has 3 atom stereocenters. The molecule has 0 aromatic heterocycles. The number of rotatable bonds is 5. The van der Waals surface area contributed by atoms with Crippen LogP contribution in [0.5, 0.6) is 0 Å². The Morgan fingerprint density at radius 1 is 1.30 bits per heavy atom. The van der Waals surface area contributed by atoms with E-state index in [0.717, 1.165) is 19.0 Å². The van der Waals surface area contributed by atoms with Crippen LogP contribution in [0.15, 0.2) is 4.99 Å². The van der Waals surface area contributed by atoms with Crippen LogP contribution in [0.1, 0.15) is 20.8 Å². The van der Waals surface area contributed by atoms with Gasteiger partial charge in [-0.05, 0) is 12.8 Å². The van der Waals surface area contributed by atoms with Crippen molar-refractivity contribution in [2.45, 2.75) is 20.8 Å². The minimum Gasteiger partial charge on any atom is -0.469 e. The highest BCUT2D eigenvalue weighted by Crippen LogP contribution is 2.24. The summed E-state index contributed by atoms with van der Waals surface area (Å²) in [5.41, 5.74) is 0. The normalized spacial score (nSPS) is 22.1. The summed E-state index contributed by atoms with van der Waals surface area (Å²) >= 11 is 0. The summed E-state index contributed by atoms with van der Waals surface area (Å²) in [6, 6.07) is 0. The van der Waals surface area contributed by atoms with E-state index in [1.54, 1.807) is 6.92 Å². The molecule has 3 unspecified atom stereocenters. The van der Waals surface area contributed by atoms with Crippen molar-refractivity contribution in [3.05, 3.63) is 0 Å². The van der Waals surface area contributed by atoms with Gasteiger partial charge < -0.3 is 19.7 Å². The van der Waals surface area contributed by atoms with Gasteiger partial charge in [0.25, 0.3) is 0 Å². The molecular weight excluding hydrogens is 413 g/mol. The average molecular weight is 441 g/mol. The van der Waals surface area contributed by atoms with E-state index in [9.17, 15) is 9.59 Å². The lowest BCUT2D eigenvalue weighted by atomic mass is 9.99. The van der Waals surface area contributed by atoms with Gasteiger partial charge in [0, 0.05) is 19.6 Å². The zero-order valence-electron chi connectivity index (χ0n) is 14.5. The number of esters is 2. The SMILES string of the molecule is CCNC(=NCC(C)C(=O)OC)N1CC(C)C(C(=O)OC)C1.I. The third kappa shape index (κ3) is 6.15. The maximum absolute atomic E-state index is 11.8. The number of hydrogen-bond donors (Lipinski definition) is 1. The van der Waals surface area contributed by atoms with Crippen LogP contribution in [0.25, 0.3) is 0 Å². The van der Waals surface area contributed by atoms with E-state index in [0.29, 0.717) is 13.1 Å². The van der Waals surface area contributed by atoms with Crippen LogP contribution in [-0.2, 0) is 19.1 Å². The smallest absolute Gasteiger partial charge is 0.310 e. The number of ether oxygens (including phenoxy) is 2. The molecule has 0 aromatic carbocycles. The second kappa shape index (κ2) is 10.7. The number of nitrogens with zero attached hydrogens (tertiary/aromatic N) is 2. The zero-order chi connectivity index (χ0) is 16.7. The Labute approximate surface area is 155 Å². The predicted octanol–water partition coefficient (Wildman–Crippen LogP) is 1.12. The minimum atomic E-state index is -0.296. The monoisotopic (exact) mass is 441 g/mol. The van der Waals surface area contributed by atoms with Gasteiger partial charge >= 0.3 is 11.9 Å². The van der Waals surface area contributed by atoms with Gasteiger partial charge in [-0.3, -0.25) is 14.6 Å². The molecule has 0 bridgehead atoms. The highest BCUT2D eigenvalue weighted by Gasteiger charge is 2.36. The lowest BCUT2D eigenvalue weighted by molar-refractivity contribution is -0.146. The maximum atomic E-state index is 11.8. The summed E-state index contributed by atoms with van der Waals surface area (Å²) in [7, 11) is 2.78. The van der Waals surface area contributed by atoms with Gasteiger partial charge in [-0.25, -0.2) is 0 Å². The van der Waals surface area contributed by atoms with E-state index < -0.39 is 0 Å². The topological polar surface area (TPSA) is 80.2 Å². The van der Waals surface area contributed by atoms with Crippen molar-refractivity contribution in [2.24, 2.45) is 22.7 Å². The highest BCUT2D eigenvalue weighted by molar-refractivity contribution is 14.0. The number of likely N-dealkylation sites (tertiary alicyclic amines) is 1. The van der Waals surface area contributed by atoms with Gasteiger partial charge in [-0.1, -0.05) is 13.8 Å². The minimum absolute atomic E-state index is 0. The molecule has 23 heavy (non-hydrogen) atoms. The number of aliphatic imine (C=N–C) groups is 1. The fraction of sp³-hybridized carbons (Fsp3) is 0.800. The second-order valence-electron chi connectivity index (χ2n) is 5.63. The van der Waals surface area contributed by atoms with Gasteiger partial charge in [-0.2, -0.15) is 0 Å². The van der Waals surface area contributed by atoms with E-state index in [2.05, 4.69) is 10.3 Å². The van der Waals surface area contributed by atoms with E-state index in [1.807, 2.05) is 18.7 Å². The van der Waals surface area contributed by atoms with Gasteiger partial charge in [-0.15, -0.1) is 24.0 Å². The summed E-state index contributed by atoms with van der Waals surface area (Å²) in [5.74, 6) is 0.0171. The Balaban J connectivity index is 0.00000484. The lowest BCUT2D eigenvalue weighted by Crippen LogP contribution is -2.41. The summed E-state index contributed by atoms with van der Waals surface area (Å²) in [5, 5.41) is 3.21. The number of halogens is 1. The average Bonchev–Trinajstić information content (AvgIpc) is 2.91. The van der Waals surface area contributed by atoms with Crippen LogP contribution in [0.4, 0.5) is 0 Å². The Kier molecular flexibility index (Phi) is 10.2. The van der Waals surface area contributed by atoms with Crippen molar-refractivity contribution in [1.82, 2.24) is 10.2 Å². The summed E-state index contributed by atoms with van der Waals surface area (Å²) in [6.07, 6.45) is 0. The molecule has 0 amide bonds. The van der Waals surface area contributed by atoms with Crippen molar-refractivity contribution >= 4 is 41.9 Å². The van der Waals surface area contributed by atoms with Crippen molar-refractivity contribution in [3.8, 4) is 0 Å². The van der Waals surface area contributed by atoms with Crippen molar-refractivity contribution in [3.63, 3.8) is 0 Å². The Morgan fingerprint density at radius 2 is 1.96 bits per heavy atom. The number of carbonyl (C=O) groups excluding carboxylic acids is 2. The first-order valence-corrected chi connectivity index (χ1v) is 7.63. The van der Waals surface area contributed by atoms with E-state index >= 15 is 0 Å². The third-order valence-electron chi connectivity index (χ3n) is 3.87. The molecule has 1 N–H and O–H groups in total. The van der Waals surface area contributed by atoms with Crippen molar-refractivity contribution in [1.29, 1.82) is 0 Å². The van der Waals surface area contributed by atoms with Gasteiger partial charge in [0.2, 0.25) is 0 Å². The number of guanidine groups is 1. The van der Waals surface area contributed by atoms with E-state index in [4.69, 9.17) is 9.47 Å². The van der Waals surface area contributed by atoms with Crippen LogP contribution < -0.4 is 5.32 Å². The summed E-state index contributed by atoms with van der Waals surface area (Å²) in [4.78, 5) is 29.8. The molecule has 0 spiro atoms. The molecule has 1 saturated heterocycles. The van der Waals surface area contributed by atoms with Crippen LogP contribution in [0.2, 0.25) is 0 Å². The van der Waals surface area contributed by atoms with Crippen LogP contribution in [0, 0.1) is 17.8 Å². The first-order chi connectivity index (χ1) is 10.4. The number of carbonyl (C=O) groups is 2. The number of nitrogens with one attached hydrogen (secondary N) is 1. The molecule has 0 aliphatic carbocycles. The molecule has 1 aliphatic rings. The zero-order valence-corrected chi connectivity index (χ0v) is 16.8. The largest absolute Gasteiger partial charge is 0.469 e. The van der Waals surface area contributed by atoms with Crippen molar-refractivity contribution in [2.75, 3.05) is 40.4 Å². The fourth-order valence-corrected chi connectivity index (χ4v) is 2.52. The third-order valence-corrected chi connectivity index (χ3v) is 3.87. The molecule has 1 rings (SSSR count). The van der Waals surface area contributed by atoms with E-state index in [1.165, 1.54) is 14.2 Å². The van der Waals surface area contributed by atoms with Crippen molar-refractivity contribution < 1.29 is 19.1 Å². The molecule has 8 heteroatoms. The molecule has 1 heterocycles. The number of methoxy groups -OCH3 is 2. The molecule has 7 nitrogen and oxygen atoms in total. The molecule has 0 aromatic rings. The van der Waals surface area contributed by atoms with Crippen LogP contribution in [-0.4, -0.2) is 63.2 Å². The van der Waals surface area contributed by atoms with Gasteiger partial charge in [0.15, 0.2) is 5.96 Å². The molecule has 0 radical (unpaired) electrons. The first-order valence-electron chi connectivity index (χ1n) is 7.63. The fourth-order valence-electron chi connectivity index (χ4n) is 2.52. The number of hydrogen-bond acceptors (Lipinski definition) is 5. The maximum Gasteiger partial charge on any atom is 0.310 e. The molecule has 134 valence electrons. The van der Waals surface area contributed by atoms with Gasteiger partial charge in [0.1, 0.15) is 0 Å². The summed E-state index contributed by atoms with van der Waals surface area (Å²) < 4.78 is 9.56. The van der Waals surface area contributed by atoms with Gasteiger partial charge in [0.05, 0.1) is 32.6 Å². The standard InChI is InChI=1S/C15H27N3O4.HI/c1-6-16-15(17-7-10(2)13(19)21-4)18-8-11(3)12(9-18)14(20)22-5;/h10-12H,6-9H2,1-5H3,(H,16,17);1H. The highest BCUT2D eigenvalue weighted by atomic mass is 127. The lowest BCUT2D eigenvalue weighted by Gasteiger charge is -2.22. The Hall–Kier alpha value is -1.06. The van der Waals surface area contributed by atoms with Crippen LogP contribution >= 0.6 is 24.0 Å². The van der Waals surface area contributed by atoms with E-state index in [-0.39, 0.29) is 53.7 Å². The Morgan fingerprint density at radius 3 is 2.48 bits per heavy atom. The molecular formula is C15H28IN3O4. The Bertz CT molecular complexity index is 431. The predicted molar refractivity (Wildman–Crippen MR) is 98.8 cm³/mol. The molecule has 0 saturated carbocycles. The molecule has 1 fully saturated rings. The van der Waals surface area contributed by atoms with Crippen LogP contribution in [0.3, 0.4) is 0 Å². The quantitative estimate of drug-likeness (QED) is 0.298. The summed E-state index contributed by atoms with van der Waals surface area (Å²) in [6.45, 7) is 8.17. The first kappa shape index (κ1) is 21.9.